The van der Waals surface area contributed by atoms with E-state index < -0.39 is 5.97 Å². The molecule has 1 fully saturated rings. The third-order valence-electron chi connectivity index (χ3n) is 4.50. The molecule has 1 aliphatic rings. The summed E-state index contributed by atoms with van der Waals surface area (Å²) in [5.41, 5.74) is 0.627. The van der Waals surface area contributed by atoms with Gasteiger partial charge in [-0.3, -0.25) is 4.79 Å². The van der Waals surface area contributed by atoms with Crippen LogP contribution in [-0.4, -0.2) is 48.2 Å². The van der Waals surface area contributed by atoms with E-state index in [1.165, 1.54) is 11.0 Å². The monoisotopic (exact) mass is 373 g/mol. The Labute approximate surface area is 157 Å². The van der Waals surface area contributed by atoms with E-state index in [1.807, 2.05) is 0 Å². The Hall–Kier alpha value is -2.80. The van der Waals surface area contributed by atoms with E-state index in [0.29, 0.717) is 29.4 Å². The second-order valence-corrected chi connectivity index (χ2v) is 6.62. The van der Waals surface area contributed by atoms with Crippen LogP contribution in [0.25, 0.3) is 0 Å². The molecular weight excluding hydrogens is 350 g/mol. The molecule has 0 spiro atoms. The van der Waals surface area contributed by atoms with Crippen LogP contribution < -0.4 is 4.74 Å². The van der Waals surface area contributed by atoms with E-state index in [0.717, 1.165) is 19.4 Å². The summed E-state index contributed by atoms with van der Waals surface area (Å²) in [6, 6.07) is 8.38. The molecule has 1 amide bonds. The SMILES string of the molecule is Cc1oc(CN(C)C(=O)c2ccc(OC[C@H]3CCCO3)cc2)cc1C(=O)O. The average molecular weight is 373 g/mol. The second-order valence-electron chi connectivity index (χ2n) is 6.62. The number of nitrogens with zero attached hydrogens (tertiary/aromatic N) is 1. The fourth-order valence-corrected chi connectivity index (χ4v) is 3.02. The molecule has 7 nitrogen and oxygen atoms in total. The maximum Gasteiger partial charge on any atom is 0.339 e. The molecule has 2 heterocycles. The molecule has 0 radical (unpaired) electrons. The topological polar surface area (TPSA) is 89.2 Å². The summed E-state index contributed by atoms with van der Waals surface area (Å²) in [6.45, 7) is 3.07. The number of rotatable bonds is 7. The zero-order chi connectivity index (χ0) is 19.4. The molecule has 3 rings (SSSR count). The second kappa shape index (κ2) is 8.26. The molecule has 7 heteroatoms. The number of carbonyl (C=O) groups excluding carboxylic acids is 1. The lowest BCUT2D eigenvalue weighted by molar-refractivity contribution is 0.0678. The first kappa shape index (κ1) is 19.0. The standard InChI is InChI=1S/C20H23NO6/c1-13-18(20(23)24)10-17(27-13)11-21(2)19(22)14-5-7-15(8-6-14)26-12-16-4-3-9-25-16/h5-8,10,16H,3-4,9,11-12H2,1-2H3,(H,23,24)/t16-/m1/s1. The Morgan fingerprint density at radius 1 is 1.30 bits per heavy atom. The minimum absolute atomic E-state index is 0.110. The van der Waals surface area contributed by atoms with Crippen molar-refractivity contribution < 1.29 is 28.6 Å². The van der Waals surface area contributed by atoms with Crippen molar-refractivity contribution in [2.45, 2.75) is 32.4 Å². The van der Waals surface area contributed by atoms with Crippen LogP contribution in [0.5, 0.6) is 5.75 Å². The quantitative estimate of drug-likeness (QED) is 0.802. The lowest BCUT2D eigenvalue weighted by Gasteiger charge is -2.16. The maximum atomic E-state index is 12.6. The molecule has 144 valence electrons. The van der Waals surface area contributed by atoms with Gasteiger partial charge in [0.15, 0.2) is 0 Å². The highest BCUT2D eigenvalue weighted by Gasteiger charge is 2.19. The van der Waals surface area contributed by atoms with Gasteiger partial charge in [0.1, 0.15) is 29.4 Å². The van der Waals surface area contributed by atoms with Crippen molar-refractivity contribution >= 4 is 11.9 Å². The Morgan fingerprint density at radius 3 is 2.63 bits per heavy atom. The van der Waals surface area contributed by atoms with Crippen LogP contribution in [0.2, 0.25) is 0 Å². The zero-order valence-corrected chi connectivity index (χ0v) is 15.4. The molecule has 1 aromatic heterocycles. The fraction of sp³-hybridized carbons (Fsp3) is 0.400. The molecule has 0 aliphatic carbocycles. The summed E-state index contributed by atoms with van der Waals surface area (Å²) in [5, 5.41) is 9.08. The highest BCUT2D eigenvalue weighted by molar-refractivity contribution is 5.94. The zero-order valence-electron chi connectivity index (χ0n) is 15.4. The summed E-state index contributed by atoms with van der Waals surface area (Å²) >= 11 is 0. The van der Waals surface area contributed by atoms with Crippen LogP contribution in [0, 0.1) is 6.92 Å². The first-order chi connectivity index (χ1) is 12.9. The number of carboxylic acid groups (broad SMARTS) is 1. The lowest BCUT2D eigenvalue weighted by atomic mass is 10.2. The van der Waals surface area contributed by atoms with Gasteiger partial charge < -0.3 is 23.9 Å². The van der Waals surface area contributed by atoms with E-state index in [1.54, 1.807) is 38.2 Å². The smallest absolute Gasteiger partial charge is 0.339 e. The fourth-order valence-electron chi connectivity index (χ4n) is 3.02. The molecule has 1 aromatic carbocycles. The number of benzene rings is 1. The molecule has 0 bridgehead atoms. The predicted molar refractivity (Wildman–Crippen MR) is 97.1 cm³/mol. The number of hydrogen-bond donors (Lipinski definition) is 1. The van der Waals surface area contributed by atoms with Crippen LogP contribution in [0.15, 0.2) is 34.7 Å². The van der Waals surface area contributed by atoms with Crippen molar-refractivity contribution in [2.75, 3.05) is 20.3 Å². The van der Waals surface area contributed by atoms with E-state index in [2.05, 4.69) is 0 Å². The Bertz CT molecular complexity index is 804. The van der Waals surface area contributed by atoms with Gasteiger partial charge in [-0.25, -0.2) is 4.79 Å². The number of aryl methyl sites for hydroxylation is 1. The van der Waals surface area contributed by atoms with Gasteiger partial charge >= 0.3 is 5.97 Å². The van der Waals surface area contributed by atoms with E-state index in [9.17, 15) is 9.59 Å². The minimum atomic E-state index is -1.05. The normalized spacial score (nSPS) is 16.3. The highest BCUT2D eigenvalue weighted by Crippen LogP contribution is 2.19. The number of furan rings is 1. The number of amides is 1. The Balaban J connectivity index is 1.57. The van der Waals surface area contributed by atoms with Crippen molar-refractivity contribution in [3.05, 3.63) is 53.0 Å². The van der Waals surface area contributed by atoms with Gasteiger partial charge in [0.2, 0.25) is 0 Å². The van der Waals surface area contributed by atoms with Gasteiger partial charge in [-0.2, -0.15) is 0 Å². The van der Waals surface area contributed by atoms with Gasteiger partial charge in [0.05, 0.1) is 12.6 Å². The molecule has 1 saturated heterocycles. The first-order valence-electron chi connectivity index (χ1n) is 8.86. The van der Waals surface area contributed by atoms with Gasteiger partial charge in [-0.05, 0) is 50.1 Å². The lowest BCUT2D eigenvalue weighted by Crippen LogP contribution is -2.26. The summed E-state index contributed by atoms with van der Waals surface area (Å²) in [6.07, 6.45) is 2.22. The first-order valence-corrected chi connectivity index (χ1v) is 8.86. The summed E-state index contributed by atoms with van der Waals surface area (Å²) in [7, 11) is 1.64. The van der Waals surface area contributed by atoms with Crippen LogP contribution in [0.4, 0.5) is 0 Å². The molecule has 1 N–H and O–H groups in total. The summed E-state index contributed by atoms with van der Waals surface area (Å²) in [4.78, 5) is 25.1. The average Bonchev–Trinajstić information content (AvgIpc) is 3.29. The highest BCUT2D eigenvalue weighted by atomic mass is 16.5. The number of aromatic carboxylic acids is 1. The van der Waals surface area contributed by atoms with E-state index in [-0.39, 0.29) is 24.1 Å². The number of hydrogen-bond acceptors (Lipinski definition) is 5. The van der Waals surface area contributed by atoms with Crippen LogP contribution >= 0.6 is 0 Å². The Morgan fingerprint density at radius 2 is 2.04 bits per heavy atom. The van der Waals surface area contributed by atoms with Crippen LogP contribution in [0.1, 0.15) is 45.1 Å². The summed E-state index contributed by atoms with van der Waals surface area (Å²) < 4.78 is 16.6. The molecule has 0 saturated carbocycles. The molecule has 27 heavy (non-hydrogen) atoms. The number of carbonyl (C=O) groups is 2. The molecule has 0 unspecified atom stereocenters. The summed E-state index contributed by atoms with van der Waals surface area (Å²) in [5.74, 6) is 0.211. The number of ether oxygens (including phenoxy) is 2. The van der Waals surface area contributed by atoms with E-state index >= 15 is 0 Å². The Kier molecular flexibility index (Phi) is 5.81. The largest absolute Gasteiger partial charge is 0.491 e. The molecular formula is C20H23NO6. The predicted octanol–water partition coefficient (Wildman–Crippen LogP) is 3.12. The maximum absolute atomic E-state index is 12.6. The van der Waals surface area contributed by atoms with Crippen LogP contribution in [0.3, 0.4) is 0 Å². The van der Waals surface area contributed by atoms with Crippen molar-refractivity contribution in [1.29, 1.82) is 0 Å². The third kappa shape index (κ3) is 4.68. The van der Waals surface area contributed by atoms with Gasteiger partial charge in [0, 0.05) is 19.2 Å². The van der Waals surface area contributed by atoms with Gasteiger partial charge in [-0.15, -0.1) is 0 Å². The van der Waals surface area contributed by atoms with Crippen molar-refractivity contribution in [3.63, 3.8) is 0 Å². The van der Waals surface area contributed by atoms with Crippen molar-refractivity contribution in [3.8, 4) is 5.75 Å². The third-order valence-corrected chi connectivity index (χ3v) is 4.50. The van der Waals surface area contributed by atoms with Crippen molar-refractivity contribution in [1.82, 2.24) is 4.90 Å². The molecule has 1 aliphatic heterocycles. The van der Waals surface area contributed by atoms with Gasteiger partial charge in [0.25, 0.3) is 5.91 Å². The molecule has 1 atom stereocenters. The van der Waals surface area contributed by atoms with Gasteiger partial charge in [-0.1, -0.05) is 0 Å². The van der Waals surface area contributed by atoms with Crippen molar-refractivity contribution in [2.24, 2.45) is 0 Å². The minimum Gasteiger partial charge on any atom is -0.491 e. The van der Waals surface area contributed by atoms with E-state index in [4.69, 9.17) is 19.0 Å². The van der Waals surface area contributed by atoms with Crippen LogP contribution in [-0.2, 0) is 11.3 Å². The number of carboxylic acids is 1. The molecule has 2 aromatic rings.